The molecule has 1 fully saturated rings. The topological polar surface area (TPSA) is 38.1 Å². The highest BCUT2D eigenvalue weighted by molar-refractivity contribution is 6.20. The molecule has 2 atom stereocenters. The molecule has 0 bridgehead atoms. The normalized spacial score (nSPS) is 20.9. The van der Waals surface area contributed by atoms with Crippen LogP contribution in [0.1, 0.15) is 30.6 Å². The highest BCUT2D eigenvalue weighted by Gasteiger charge is 2.34. The maximum atomic E-state index is 13.9. The molecule has 2 unspecified atom stereocenters. The molecule has 4 nitrogen and oxygen atoms in total. The number of benzene rings is 1. The molecule has 0 radical (unpaired) electrons. The minimum Gasteiger partial charge on any atom is -0.344 e. The van der Waals surface area contributed by atoms with Gasteiger partial charge in [-0.15, -0.1) is 11.6 Å². The summed E-state index contributed by atoms with van der Waals surface area (Å²) in [4.78, 5) is 18.2. The molecule has 1 aromatic heterocycles. The summed E-state index contributed by atoms with van der Waals surface area (Å²) in [6, 6.07) is 4.43. The predicted molar refractivity (Wildman–Crippen MR) is 75.3 cm³/mol. The third-order valence-corrected chi connectivity index (χ3v) is 3.96. The van der Waals surface area contributed by atoms with Gasteiger partial charge in [0.05, 0.1) is 10.9 Å². The van der Waals surface area contributed by atoms with Gasteiger partial charge in [0, 0.05) is 13.6 Å². The van der Waals surface area contributed by atoms with Crippen molar-refractivity contribution in [2.24, 2.45) is 0 Å². The molecule has 1 amide bonds. The van der Waals surface area contributed by atoms with Gasteiger partial charge in [-0.1, -0.05) is 6.07 Å². The van der Waals surface area contributed by atoms with E-state index >= 15 is 0 Å². The van der Waals surface area contributed by atoms with Crippen LogP contribution in [-0.2, 0) is 4.79 Å². The predicted octanol–water partition coefficient (Wildman–Crippen LogP) is 2.88. The van der Waals surface area contributed by atoms with Crippen molar-refractivity contribution in [3.8, 4) is 0 Å². The fourth-order valence-electron chi connectivity index (χ4n) is 2.75. The maximum absolute atomic E-state index is 13.9. The van der Waals surface area contributed by atoms with E-state index in [1.54, 1.807) is 35.6 Å². The summed E-state index contributed by atoms with van der Waals surface area (Å²) in [6.45, 7) is 2.47. The molecular weight excluding hydrogens is 281 g/mol. The lowest BCUT2D eigenvalue weighted by Gasteiger charge is -2.16. The van der Waals surface area contributed by atoms with Crippen molar-refractivity contribution < 1.29 is 9.18 Å². The fraction of sp³-hybridized carbons (Fsp3) is 0.429. The van der Waals surface area contributed by atoms with Crippen molar-refractivity contribution in [3.63, 3.8) is 0 Å². The first kappa shape index (κ1) is 13.4. The summed E-state index contributed by atoms with van der Waals surface area (Å²) in [6.07, 6.45) is 0.688. The molecule has 20 heavy (non-hydrogen) atoms. The Balaban J connectivity index is 2.25. The zero-order valence-electron chi connectivity index (χ0n) is 11.3. The lowest BCUT2D eigenvalue weighted by Crippen LogP contribution is -2.25. The Morgan fingerprint density at radius 2 is 2.25 bits per heavy atom. The second-order valence-electron chi connectivity index (χ2n) is 5.13. The molecule has 2 aromatic rings. The van der Waals surface area contributed by atoms with Gasteiger partial charge < -0.3 is 9.47 Å². The number of amides is 1. The molecule has 0 aliphatic carbocycles. The van der Waals surface area contributed by atoms with E-state index in [0.29, 0.717) is 24.3 Å². The third-order valence-electron chi connectivity index (χ3n) is 3.76. The molecule has 0 spiro atoms. The molecule has 1 aromatic carbocycles. The van der Waals surface area contributed by atoms with E-state index in [2.05, 4.69) is 4.98 Å². The van der Waals surface area contributed by atoms with Crippen LogP contribution in [0.25, 0.3) is 11.0 Å². The number of likely N-dealkylation sites (N-methyl/N-ethyl adjacent to an activating group) is 1. The number of hydrogen-bond donors (Lipinski definition) is 0. The van der Waals surface area contributed by atoms with E-state index in [4.69, 9.17) is 11.6 Å². The number of alkyl halides is 1. The Hall–Kier alpha value is -1.62. The SMILES string of the molecule is CC(Cl)c1nc2c(F)cccc2n1C1CCN(C)C1=O. The van der Waals surface area contributed by atoms with Crippen LogP contribution in [0.4, 0.5) is 4.39 Å². The standard InChI is InChI=1S/C14H15ClFN3O/c1-8(15)13-17-12-9(16)4-3-5-10(12)19(13)11-6-7-18(2)14(11)20/h3-5,8,11H,6-7H2,1-2H3. The van der Waals surface area contributed by atoms with Gasteiger partial charge in [0.2, 0.25) is 5.91 Å². The molecule has 1 aliphatic rings. The van der Waals surface area contributed by atoms with Gasteiger partial charge in [-0.05, 0) is 25.5 Å². The number of carbonyl (C=O) groups excluding carboxylic acids is 1. The van der Waals surface area contributed by atoms with Crippen molar-refractivity contribution in [1.29, 1.82) is 0 Å². The Morgan fingerprint density at radius 1 is 1.50 bits per heavy atom. The Kier molecular flexibility index (Phi) is 3.17. The lowest BCUT2D eigenvalue weighted by molar-refractivity contribution is -0.129. The summed E-state index contributed by atoms with van der Waals surface area (Å²) in [5.74, 6) is 0.172. The summed E-state index contributed by atoms with van der Waals surface area (Å²) < 4.78 is 15.7. The second kappa shape index (κ2) is 4.74. The van der Waals surface area contributed by atoms with Crippen molar-refractivity contribution in [3.05, 3.63) is 29.8 Å². The van der Waals surface area contributed by atoms with Crippen LogP contribution in [0.2, 0.25) is 0 Å². The summed E-state index contributed by atoms with van der Waals surface area (Å²) in [5.41, 5.74) is 0.901. The van der Waals surface area contributed by atoms with Gasteiger partial charge in [-0.3, -0.25) is 4.79 Å². The number of hydrogen-bond acceptors (Lipinski definition) is 2. The number of aromatic nitrogens is 2. The molecule has 106 valence electrons. The van der Waals surface area contributed by atoms with Crippen LogP contribution in [-0.4, -0.2) is 34.0 Å². The van der Waals surface area contributed by atoms with Gasteiger partial charge in [-0.2, -0.15) is 0 Å². The van der Waals surface area contributed by atoms with Gasteiger partial charge in [0.1, 0.15) is 17.4 Å². The van der Waals surface area contributed by atoms with Crippen molar-refractivity contribution in [2.75, 3.05) is 13.6 Å². The number of imidazole rings is 1. The van der Waals surface area contributed by atoms with E-state index in [1.165, 1.54) is 6.07 Å². The summed E-state index contributed by atoms with van der Waals surface area (Å²) >= 11 is 6.16. The van der Waals surface area contributed by atoms with Crippen LogP contribution in [0.5, 0.6) is 0 Å². The molecule has 2 heterocycles. The average molecular weight is 296 g/mol. The van der Waals surface area contributed by atoms with E-state index in [0.717, 1.165) is 0 Å². The van der Waals surface area contributed by atoms with Crippen molar-refractivity contribution in [2.45, 2.75) is 24.8 Å². The molecule has 6 heteroatoms. The number of para-hydroxylation sites is 1. The van der Waals surface area contributed by atoms with Crippen LogP contribution < -0.4 is 0 Å². The Morgan fingerprint density at radius 3 is 2.85 bits per heavy atom. The number of carbonyl (C=O) groups is 1. The van der Waals surface area contributed by atoms with Gasteiger partial charge in [0.15, 0.2) is 5.82 Å². The van der Waals surface area contributed by atoms with E-state index in [9.17, 15) is 9.18 Å². The van der Waals surface area contributed by atoms with E-state index in [-0.39, 0.29) is 22.8 Å². The smallest absolute Gasteiger partial charge is 0.245 e. The molecule has 1 saturated heterocycles. The van der Waals surface area contributed by atoms with Gasteiger partial charge >= 0.3 is 0 Å². The molecule has 0 saturated carbocycles. The van der Waals surface area contributed by atoms with Crippen molar-refractivity contribution in [1.82, 2.24) is 14.5 Å². The highest BCUT2D eigenvalue weighted by Crippen LogP contribution is 2.33. The average Bonchev–Trinajstić information content (AvgIpc) is 2.93. The minimum atomic E-state index is -0.390. The monoisotopic (exact) mass is 295 g/mol. The maximum Gasteiger partial charge on any atom is 0.245 e. The second-order valence-corrected chi connectivity index (χ2v) is 5.78. The Bertz CT molecular complexity index is 682. The lowest BCUT2D eigenvalue weighted by atomic mass is 10.2. The first-order chi connectivity index (χ1) is 9.50. The number of likely N-dealkylation sites (tertiary alicyclic amines) is 1. The Labute approximate surface area is 121 Å². The van der Waals surface area contributed by atoms with E-state index in [1.807, 2.05) is 0 Å². The molecule has 1 aliphatic heterocycles. The zero-order chi connectivity index (χ0) is 14.4. The fourth-order valence-corrected chi connectivity index (χ4v) is 2.91. The third kappa shape index (κ3) is 1.88. The summed E-state index contributed by atoms with van der Waals surface area (Å²) in [5, 5.41) is -0.388. The number of rotatable bonds is 2. The largest absolute Gasteiger partial charge is 0.344 e. The molecule has 0 N–H and O–H groups in total. The zero-order valence-corrected chi connectivity index (χ0v) is 12.1. The van der Waals surface area contributed by atoms with Crippen LogP contribution >= 0.6 is 11.6 Å². The minimum absolute atomic E-state index is 0.0205. The number of halogens is 2. The van der Waals surface area contributed by atoms with Gasteiger partial charge in [0.25, 0.3) is 0 Å². The molecule has 3 rings (SSSR count). The summed E-state index contributed by atoms with van der Waals surface area (Å²) in [7, 11) is 1.77. The van der Waals surface area contributed by atoms with Crippen LogP contribution in [0.15, 0.2) is 18.2 Å². The van der Waals surface area contributed by atoms with Crippen LogP contribution in [0, 0.1) is 5.82 Å². The highest BCUT2D eigenvalue weighted by atomic mass is 35.5. The first-order valence-electron chi connectivity index (χ1n) is 6.56. The van der Waals surface area contributed by atoms with Crippen LogP contribution in [0.3, 0.4) is 0 Å². The first-order valence-corrected chi connectivity index (χ1v) is 6.99. The van der Waals surface area contributed by atoms with Gasteiger partial charge in [-0.25, -0.2) is 9.37 Å². The van der Waals surface area contributed by atoms with E-state index < -0.39 is 5.82 Å². The number of fused-ring (bicyclic) bond motifs is 1. The number of nitrogens with zero attached hydrogens (tertiary/aromatic N) is 3. The quantitative estimate of drug-likeness (QED) is 0.799. The molecular formula is C14H15ClFN3O. The van der Waals surface area contributed by atoms with Crippen molar-refractivity contribution >= 4 is 28.5 Å².